The SMILES string of the molecule is Cc1ccc(S(=O)(=O)N(CC(=O)NC(C)COc2ccccc2C)c2ccc(C(C)C)cc2)cc1. The van der Waals surface area contributed by atoms with Gasteiger partial charge in [-0.25, -0.2) is 8.42 Å². The minimum Gasteiger partial charge on any atom is -0.491 e. The van der Waals surface area contributed by atoms with Gasteiger partial charge in [0.1, 0.15) is 18.9 Å². The Morgan fingerprint density at radius 1 is 0.914 bits per heavy atom. The normalized spacial score (nSPS) is 12.3. The Labute approximate surface area is 209 Å². The lowest BCUT2D eigenvalue weighted by Crippen LogP contribution is -2.45. The molecule has 1 unspecified atom stereocenters. The van der Waals surface area contributed by atoms with Crippen LogP contribution in [0.4, 0.5) is 5.69 Å². The van der Waals surface area contributed by atoms with Gasteiger partial charge < -0.3 is 10.1 Å². The number of rotatable bonds is 10. The molecule has 0 radical (unpaired) electrons. The highest BCUT2D eigenvalue weighted by Crippen LogP contribution is 2.26. The molecule has 0 fully saturated rings. The monoisotopic (exact) mass is 494 g/mol. The van der Waals surface area contributed by atoms with E-state index in [4.69, 9.17) is 4.74 Å². The molecule has 1 amide bonds. The summed E-state index contributed by atoms with van der Waals surface area (Å²) in [4.78, 5) is 13.1. The van der Waals surface area contributed by atoms with Crippen LogP contribution < -0.4 is 14.4 Å². The van der Waals surface area contributed by atoms with Crippen molar-refractivity contribution in [3.05, 3.63) is 89.5 Å². The zero-order valence-corrected chi connectivity index (χ0v) is 21.8. The van der Waals surface area contributed by atoms with Crippen molar-refractivity contribution in [1.29, 1.82) is 0 Å². The number of carbonyl (C=O) groups excluding carboxylic acids is 1. The van der Waals surface area contributed by atoms with Crippen molar-refractivity contribution in [2.24, 2.45) is 0 Å². The molecule has 0 bridgehead atoms. The molecule has 3 rings (SSSR count). The minimum atomic E-state index is -3.95. The summed E-state index contributed by atoms with van der Waals surface area (Å²) in [6, 6.07) is 21.3. The Morgan fingerprint density at radius 3 is 2.14 bits per heavy atom. The molecule has 1 N–H and O–H groups in total. The number of hydrogen-bond acceptors (Lipinski definition) is 4. The van der Waals surface area contributed by atoms with Gasteiger partial charge in [-0.05, 0) is 68.1 Å². The molecule has 35 heavy (non-hydrogen) atoms. The van der Waals surface area contributed by atoms with Crippen LogP contribution in [-0.2, 0) is 14.8 Å². The number of carbonyl (C=O) groups is 1. The van der Waals surface area contributed by atoms with Crippen molar-refractivity contribution >= 4 is 21.6 Å². The molecule has 6 nitrogen and oxygen atoms in total. The van der Waals surface area contributed by atoms with E-state index in [0.717, 1.165) is 26.7 Å². The van der Waals surface area contributed by atoms with Crippen LogP contribution in [0, 0.1) is 13.8 Å². The van der Waals surface area contributed by atoms with E-state index in [2.05, 4.69) is 19.2 Å². The first kappa shape index (κ1) is 26.3. The molecule has 0 aliphatic rings. The molecule has 0 aromatic heterocycles. The number of amides is 1. The van der Waals surface area contributed by atoms with Gasteiger partial charge in [0.05, 0.1) is 16.6 Å². The number of nitrogens with zero attached hydrogens (tertiary/aromatic N) is 1. The molecule has 186 valence electrons. The Balaban J connectivity index is 1.78. The second kappa shape index (κ2) is 11.4. The number of anilines is 1. The van der Waals surface area contributed by atoms with Crippen molar-refractivity contribution in [2.45, 2.75) is 51.5 Å². The highest BCUT2D eigenvalue weighted by Gasteiger charge is 2.27. The van der Waals surface area contributed by atoms with E-state index in [-0.39, 0.29) is 24.1 Å². The fourth-order valence-corrected chi connectivity index (χ4v) is 5.02. The van der Waals surface area contributed by atoms with Crippen LogP contribution in [0.2, 0.25) is 0 Å². The summed E-state index contributed by atoms with van der Waals surface area (Å²) in [5, 5.41) is 2.86. The van der Waals surface area contributed by atoms with Crippen LogP contribution in [-0.4, -0.2) is 33.5 Å². The van der Waals surface area contributed by atoms with E-state index < -0.39 is 15.9 Å². The van der Waals surface area contributed by atoms with Crippen molar-refractivity contribution in [2.75, 3.05) is 17.5 Å². The van der Waals surface area contributed by atoms with Crippen LogP contribution in [0.25, 0.3) is 0 Å². The summed E-state index contributed by atoms with van der Waals surface area (Å²) < 4.78 is 34.1. The molecule has 0 aliphatic heterocycles. The van der Waals surface area contributed by atoms with Gasteiger partial charge in [0.15, 0.2) is 0 Å². The summed E-state index contributed by atoms with van der Waals surface area (Å²) in [5.74, 6) is 0.653. The molecular weight excluding hydrogens is 460 g/mol. The lowest BCUT2D eigenvalue weighted by Gasteiger charge is -2.25. The fourth-order valence-electron chi connectivity index (χ4n) is 3.60. The number of nitrogens with one attached hydrogen (secondary N) is 1. The topological polar surface area (TPSA) is 75.7 Å². The van der Waals surface area contributed by atoms with Crippen molar-refractivity contribution < 1.29 is 17.9 Å². The van der Waals surface area contributed by atoms with Gasteiger partial charge in [0.2, 0.25) is 5.91 Å². The summed E-state index contributed by atoms with van der Waals surface area (Å²) >= 11 is 0. The van der Waals surface area contributed by atoms with E-state index in [0.29, 0.717) is 11.6 Å². The minimum absolute atomic E-state index is 0.139. The second-order valence-corrected chi connectivity index (χ2v) is 11.0. The third-order valence-electron chi connectivity index (χ3n) is 5.73. The van der Waals surface area contributed by atoms with Crippen LogP contribution >= 0.6 is 0 Å². The van der Waals surface area contributed by atoms with Gasteiger partial charge in [-0.2, -0.15) is 0 Å². The molecule has 7 heteroatoms. The van der Waals surface area contributed by atoms with E-state index in [9.17, 15) is 13.2 Å². The van der Waals surface area contributed by atoms with E-state index in [1.54, 1.807) is 36.4 Å². The average Bonchev–Trinajstić information content (AvgIpc) is 2.82. The van der Waals surface area contributed by atoms with E-state index in [1.165, 1.54) is 0 Å². The predicted molar refractivity (Wildman–Crippen MR) is 141 cm³/mol. The van der Waals surface area contributed by atoms with Crippen LogP contribution in [0.3, 0.4) is 0 Å². The number of benzene rings is 3. The van der Waals surface area contributed by atoms with Gasteiger partial charge in [-0.15, -0.1) is 0 Å². The highest BCUT2D eigenvalue weighted by atomic mass is 32.2. The Morgan fingerprint density at radius 2 is 1.54 bits per heavy atom. The second-order valence-electron chi connectivity index (χ2n) is 9.12. The molecule has 3 aromatic rings. The van der Waals surface area contributed by atoms with Crippen molar-refractivity contribution in [1.82, 2.24) is 5.32 Å². The van der Waals surface area contributed by atoms with Crippen molar-refractivity contribution in [3.63, 3.8) is 0 Å². The molecule has 0 saturated heterocycles. The van der Waals surface area contributed by atoms with Crippen molar-refractivity contribution in [3.8, 4) is 5.75 Å². The number of aryl methyl sites for hydroxylation is 2. The summed E-state index contributed by atoms with van der Waals surface area (Å²) in [6.45, 7) is 9.75. The first-order valence-corrected chi connectivity index (χ1v) is 13.2. The summed E-state index contributed by atoms with van der Waals surface area (Å²) in [6.07, 6.45) is 0. The molecule has 0 spiro atoms. The zero-order chi connectivity index (χ0) is 25.6. The zero-order valence-electron chi connectivity index (χ0n) is 21.0. The van der Waals surface area contributed by atoms with Crippen LogP contribution in [0.15, 0.2) is 77.7 Å². The molecule has 0 saturated carbocycles. The van der Waals surface area contributed by atoms with Gasteiger partial charge in [0.25, 0.3) is 10.0 Å². The highest BCUT2D eigenvalue weighted by molar-refractivity contribution is 7.92. The molecule has 0 aliphatic carbocycles. The average molecular weight is 495 g/mol. The third kappa shape index (κ3) is 6.85. The first-order valence-electron chi connectivity index (χ1n) is 11.7. The Hall–Kier alpha value is -3.32. The smallest absolute Gasteiger partial charge is 0.264 e. The van der Waals surface area contributed by atoms with E-state index >= 15 is 0 Å². The number of ether oxygens (including phenoxy) is 1. The van der Waals surface area contributed by atoms with E-state index in [1.807, 2.05) is 57.2 Å². The maximum absolute atomic E-state index is 13.6. The number of hydrogen-bond donors (Lipinski definition) is 1. The quantitative estimate of drug-likeness (QED) is 0.420. The lowest BCUT2D eigenvalue weighted by molar-refractivity contribution is -0.120. The van der Waals surface area contributed by atoms with Gasteiger partial charge in [0, 0.05) is 0 Å². The maximum Gasteiger partial charge on any atom is 0.264 e. The number of sulfonamides is 1. The largest absolute Gasteiger partial charge is 0.491 e. The molecule has 3 aromatic carbocycles. The third-order valence-corrected chi connectivity index (χ3v) is 7.52. The summed E-state index contributed by atoms with van der Waals surface area (Å²) in [7, 11) is -3.95. The van der Waals surface area contributed by atoms with Gasteiger partial charge in [-0.3, -0.25) is 9.10 Å². The standard InChI is InChI=1S/C28H34N2O4S/c1-20(2)24-12-14-25(15-13-24)30(35(32,33)26-16-10-21(3)11-17-26)18-28(31)29-23(5)19-34-27-9-7-6-8-22(27)4/h6-17,20,23H,18-19H2,1-5H3,(H,29,31). The van der Waals surface area contributed by atoms with Crippen LogP contribution in [0.1, 0.15) is 43.4 Å². The Kier molecular flexibility index (Phi) is 8.57. The Bertz CT molecular complexity index is 1240. The molecule has 0 heterocycles. The fraction of sp³-hybridized carbons (Fsp3) is 0.321. The van der Waals surface area contributed by atoms with Gasteiger partial charge in [-0.1, -0.05) is 61.9 Å². The first-order chi connectivity index (χ1) is 16.6. The lowest BCUT2D eigenvalue weighted by atomic mass is 10.0. The number of para-hydroxylation sites is 1. The molecular formula is C28H34N2O4S. The van der Waals surface area contributed by atoms with Crippen LogP contribution in [0.5, 0.6) is 5.75 Å². The molecule has 1 atom stereocenters. The summed E-state index contributed by atoms with van der Waals surface area (Å²) in [5.41, 5.74) is 3.49. The maximum atomic E-state index is 13.6. The van der Waals surface area contributed by atoms with Gasteiger partial charge >= 0.3 is 0 Å². The predicted octanol–water partition coefficient (Wildman–Crippen LogP) is 5.21.